The minimum atomic E-state index is -0.431. The van der Waals surface area contributed by atoms with Crippen LogP contribution in [0.5, 0.6) is 0 Å². The SMILES string of the molecule is Cc1cccc(N2CCN(CCC(=O)Nc3ccc(Br)cc3F)CC2)c1C. The standard InChI is InChI=1S/C21H25BrFN3O/c1-15-4-3-5-20(16(15)2)26-12-10-25(11-13-26)9-8-21(27)24-19-7-6-17(22)14-18(19)23/h3-7,14H,8-13H2,1-2H3,(H,24,27). The van der Waals surface area contributed by atoms with Crippen molar-refractivity contribution in [3.8, 4) is 0 Å². The maximum atomic E-state index is 13.8. The van der Waals surface area contributed by atoms with E-state index in [0.717, 1.165) is 26.2 Å². The summed E-state index contributed by atoms with van der Waals surface area (Å²) in [5.74, 6) is -0.590. The monoisotopic (exact) mass is 433 g/mol. The predicted octanol–water partition coefficient (Wildman–Crippen LogP) is 4.36. The number of benzene rings is 2. The number of hydrogen-bond acceptors (Lipinski definition) is 3. The molecule has 0 radical (unpaired) electrons. The number of aryl methyl sites for hydroxylation is 1. The van der Waals surface area contributed by atoms with Gasteiger partial charge in [0.05, 0.1) is 5.69 Å². The largest absolute Gasteiger partial charge is 0.369 e. The second-order valence-corrected chi connectivity index (χ2v) is 7.89. The van der Waals surface area contributed by atoms with Crippen LogP contribution in [-0.4, -0.2) is 43.5 Å². The summed E-state index contributed by atoms with van der Waals surface area (Å²) in [7, 11) is 0. The summed E-state index contributed by atoms with van der Waals surface area (Å²) in [6.07, 6.45) is 0.360. The minimum absolute atomic E-state index is 0.159. The van der Waals surface area contributed by atoms with Crippen molar-refractivity contribution in [2.75, 3.05) is 42.9 Å². The van der Waals surface area contributed by atoms with E-state index in [1.54, 1.807) is 12.1 Å². The Labute approximate surface area is 168 Å². The van der Waals surface area contributed by atoms with Gasteiger partial charge in [-0.05, 0) is 49.2 Å². The lowest BCUT2D eigenvalue weighted by Gasteiger charge is -2.37. The topological polar surface area (TPSA) is 35.6 Å². The molecule has 0 aromatic heterocycles. The van der Waals surface area contributed by atoms with Crippen LogP contribution in [0.3, 0.4) is 0 Å². The molecule has 0 aliphatic carbocycles. The fourth-order valence-corrected chi connectivity index (χ4v) is 3.69. The number of hydrogen-bond donors (Lipinski definition) is 1. The first-order chi connectivity index (χ1) is 12.9. The van der Waals surface area contributed by atoms with Crippen molar-refractivity contribution in [2.45, 2.75) is 20.3 Å². The van der Waals surface area contributed by atoms with Gasteiger partial charge in [0.1, 0.15) is 5.82 Å². The third-order valence-electron chi connectivity index (χ3n) is 5.15. The fraction of sp³-hybridized carbons (Fsp3) is 0.381. The van der Waals surface area contributed by atoms with Gasteiger partial charge in [-0.25, -0.2) is 4.39 Å². The molecule has 0 saturated carbocycles. The quantitative estimate of drug-likeness (QED) is 0.760. The first kappa shape index (κ1) is 19.8. The molecular weight excluding hydrogens is 409 g/mol. The summed E-state index contributed by atoms with van der Waals surface area (Å²) < 4.78 is 14.5. The molecular formula is C21H25BrFN3O. The number of carbonyl (C=O) groups is 1. The zero-order valence-electron chi connectivity index (χ0n) is 15.8. The minimum Gasteiger partial charge on any atom is -0.369 e. The van der Waals surface area contributed by atoms with Crippen molar-refractivity contribution in [3.63, 3.8) is 0 Å². The van der Waals surface area contributed by atoms with E-state index in [0.29, 0.717) is 17.4 Å². The molecule has 6 heteroatoms. The summed E-state index contributed by atoms with van der Waals surface area (Å²) in [5, 5.41) is 2.65. The van der Waals surface area contributed by atoms with Crippen LogP contribution in [0.25, 0.3) is 0 Å². The van der Waals surface area contributed by atoms with Crippen LogP contribution in [0, 0.1) is 19.7 Å². The molecule has 27 heavy (non-hydrogen) atoms. The van der Waals surface area contributed by atoms with Gasteiger partial charge in [-0.15, -0.1) is 0 Å². The van der Waals surface area contributed by atoms with Gasteiger partial charge in [-0.2, -0.15) is 0 Å². The van der Waals surface area contributed by atoms with Crippen molar-refractivity contribution in [3.05, 3.63) is 57.8 Å². The molecule has 1 aliphatic heterocycles. The average molecular weight is 434 g/mol. The zero-order valence-corrected chi connectivity index (χ0v) is 17.4. The molecule has 1 saturated heterocycles. The van der Waals surface area contributed by atoms with Crippen molar-refractivity contribution in [2.24, 2.45) is 0 Å². The molecule has 0 atom stereocenters. The lowest BCUT2D eigenvalue weighted by atomic mass is 10.1. The molecule has 3 rings (SSSR count). The Morgan fingerprint density at radius 2 is 1.89 bits per heavy atom. The van der Waals surface area contributed by atoms with Crippen molar-refractivity contribution < 1.29 is 9.18 Å². The van der Waals surface area contributed by atoms with Gasteiger partial charge < -0.3 is 10.2 Å². The maximum absolute atomic E-state index is 13.8. The maximum Gasteiger partial charge on any atom is 0.225 e. The molecule has 2 aromatic rings. The normalized spacial score (nSPS) is 15.0. The van der Waals surface area contributed by atoms with E-state index in [2.05, 4.69) is 63.1 Å². The Hall–Kier alpha value is -1.92. The molecule has 4 nitrogen and oxygen atoms in total. The van der Waals surface area contributed by atoms with Crippen LogP contribution in [0.15, 0.2) is 40.9 Å². The highest BCUT2D eigenvalue weighted by Crippen LogP contribution is 2.24. The van der Waals surface area contributed by atoms with Crippen LogP contribution < -0.4 is 10.2 Å². The van der Waals surface area contributed by atoms with Gasteiger partial charge in [-0.3, -0.25) is 9.69 Å². The van der Waals surface area contributed by atoms with Crippen LogP contribution >= 0.6 is 15.9 Å². The van der Waals surface area contributed by atoms with Gasteiger partial charge in [-0.1, -0.05) is 28.1 Å². The van der Waals surface area contributed by atoms with E-state index in [1.165, 1.54) is 22.9 Å². The number of nitrogens with zero attached hydrogens (tertiary/aromatic N) is 2. The number of halogens is 2. The molecule has 1 fully saturated rings. The first-order valence-corrected chi connectivity index (χ1v) is 10.0. The van der Waals surface area contributed by atoms with Crippen LogP contribution in [0.4, 0.5) is 15.8 Å². The number of amides is 1. The van der Waals surface area contributed by atoms with Crippen LogP contribution in [-0.2, 0) is 4.79 Å². The van der Waals surface area contributed by atoms with Crippen LogP contribution in [0.2, 0.25) is 0 Å². The summed E-state index contributed by atoms with van der Waals surface area (Å²) in [5.41, 5.74) is 4.18. The highest BCUT2D eigenvalue weighted by molar-refractivity contribution is 9.10. The zero-order chi connectivity index (χ0) is 19.4. The lowest BCUT2D eigenvalue weighted by Crippen LogP contribution is -2.47. The molecule has 1 amide bonds. The molecule has 144 valence electrons. The Kier molecular flexibility index (Phi) is 6.50. The Morgan fingerprint density at radius 3 is 2.59 bits per heavy atom. The molecule has 0 spiro atoms. The van der Waals surface area contributed by atoms with E-state index >= 15 is 0 Å². The Balaban J connectivity index is 1.46. The second kappa shape index (κ2) is 8.85. The van der Waals surface area contributed by atoms with Gasteiger partial charge in [0.2, 0.25) is 5.91 Å². The van der Waals surface area contributed by atoms with Gasteiger partial charge in [0.25, 0.3) is 0 Å². The highest BCUT2D eigenvalue weighted by Gasteiger charge is 2.19. The summed E-state index contributed by atoms with van der Waals surface area (Å²) in [6.45, 7) is 8.75. The van der Waals surface area contributed by atoms with E-state index in [-0.39, 0.29) is 11.6 Å². The highest BCUT2D eigenvalue weighted by atomic mass is 79.9. The van der Waals surface area contributed by atoms with Crippen molar-refractivity contribution in [1.29, 1.82) is 0 Å². The van der Waals surface area contributed by atoms with E-state index < -0.39 is 5.82 Å². The number of rotatable bonds is 5. The molecule has 1 heterocycles. The first-order valence-electron chi connectivity index (χ1n) is 9.22. The Bertz CT molecular complexity index is 819. The number of piperazine rings is 1. The van der Waals surface area contributed by atoms with Crippen molar-refractivity contribution in [1.82, 2.24) is 4.90 Å². The van der Waals surface area contributed by atoms with Crippen LogP contribution in [0.1, 0.15) is 17.5 Å². The average Bonchev–Trinajstić information content (AvgIpc) is 2.65. The fourth-order valence-electron chi connectivity index (χ4n) is 3.35. The summed E-state index contributed by atoms with van der Waals surface area (Å²) in [6, 6.07) is 11.1. The number of nitrogens with one attached hydrogen (secondary N) is 1. The lowest BCUT2D eigenvalue weighted by molar-refractivity contribution is -0.116. The smallest absolute Gasteiger partial charge is 0.225 e. The van der Waals surface area contributed by atoms with Crippen molar-refractivity contribution >= 4 is 33.2 Å². The summed E-state index contributed by atoms with van der Waals surface area (Å²) >= 11 is 3.21. The molecule has 2 aromatic carbocycles. The molecule has 0 bridgehead atoms. The van der Waals surface area contributed by atoms with E-state index in [1.807, 2.05) is 0 Å². The van der Waals surface area contributed by atoms with Gasteiger partial charge in [0, 0.05) is 49.3 Å². The molecule has 1 aliphatic rings. The molecule has 1 N–H and O–H groups in total. The third kappa shape index (κ3) is 5.08. The second-order valence-electron chi connectivity index (χ2n) is 6.97. The number of carbonyl (C=O) groups excluding carboxylic acids is 1. The van der Waals surface area contributed by atoms with E-state index in [4.69, 9.17) is 0 Å². The molecule has 0 unspecified atom stereocenters. The van der Waals surface area contributed by atoms with E-state index in [9.17, 15) is 9.18 Å². The predicted molar refractivity (Wildman–Crippen MR) is 112 cm³/mol. The van der Waals surface area contributed by atoms with Gasteiger partial charge >= 0.3 is 0 Å². The Morgan fingerprint density at radius 1 is 1.15 bits per heavy atom. The number of anilines is 2. The summed E-state index contributed by atoms with van der Waals surface area (Å²) in [4.78, 5) is 16.8. The van der Waals surface area contributed by atoms with Gasteiger partial charge in [0.15, 0.2) is 0 Å². The third-order valence-corrected chi connectivity index (χ3v) is 5.64.